The second-order valence-electron chi connectivity index (χ2n) is 9.22. The Labute approximate surface area is 226 Å². The average Bonchev–Trinajstić information content (AvgIpc) is 2.94. The second kappa shape index (κ2) is 10.8. The number of hydrogen-bond acceptors (Lipinski definition) is 5. The first kappa shape index (κ1) is 25.7. The predicted octanol–water partition coefficient (Wildman–Crippen LogP) is 6.53. The Morgan fingerprint density at radius 2 is 1.54 bits per heavy atom. The molecule has 1 fully saturated rings. The largest absolute Gasteiger partial charge is 0.493 e. The maximum absolute atomic E-state index is 13.9. The average molecular weight is 521 g/mol. The lowest BCUT2D eigenvalue weighted by molar-refractivity contribution is -0.121. The first-order valence-corrected chi connectivity index (χ1v) is 12.7. The number of carbonyl (C=O) groups excluding carboxylic acids is 3. The molecule has 4 aromatic carbocycles. The predicted molar refractivity (Wildman–Crippen MR) is 152 cm³/mol. The normalized spacial score (nSPS) is 14.8. The molecule has 0 spiro atoms. The van der Waals surface area contributed by atoms with Gasteiger partial charge in [-0.3, -0.25) is 9.59 Å². The number of methoxy groups -OCH3 is 1. The van der Waals surface area contributed by atoms with E-state index in [9.17, 15) is 14.4 Å². The fraction of sp³-hybridized carbons (Fsp3) is 0.156. The third-order valence-electron chi connectivity index (χ3n) is 6.48. The Morgan fingerprint density at radius 3 is 2.31 bits per heavy atom. The zero-order valence-corrected chi connectivity index (χ0v) is 22.0. The number of benzene rings is 4. The van der Waals surface area contributed by atoms with Crippen LogP contribution in [-0.2, 0) is 9.59 Å². The number of fused-ring (bicyclic) bond motifs is 1. The number of hydrogen-bond donors (Lipinski definition) is 0. The molecular weight excluding hydrogens is 492 g/mol. The monoisotopic (exact) mass is 520 g/mol. The van der Waals surface area contributed by atoms with Crippen LogP contribution in [0.1, 0.15) is 24.5 Å². The van der Waals surface area contributed by atoms with Crippen LogP contribution in [-0.4, -0.2) is 31.6 Å². The highest BCUT2D eigenvalue weighted by Crippen LogP contribution is 2.35. The Morgan fingerprint density at radius 1 is 0.795 bits per heavy atom. The molecular formula is C32H28N2O5. The van der Waals surface area contributed by atoms with Crippen molar-refractivity contribution in [2.75, 3.05) is 23.5 Å². The van der Waals surface area contributed by atoms with Crippen LogP contribution >= 0.6 is 0 Å². The highest BCUT2D eigenvalue weighted by Gasteiger charge is 2.44. The third-order valence-corrected chi connectivity index (χ3v) is 6.48. The fourth-order valence-electron chi connectivity index (χ4n) is 4.61. The molecule has 0 unspecified atom stereocenters. The number of carbonyl (C=O) groups is 3. The molecule has 1 heterocycles. The van der Waals surface area contributed by atoms with Gasteiger partial charge >= 0.3 is 6.03 Å². The SMILES string of the molecule is CCCOc1ccc(/C=C2\C(=O)N(c3cccc(C)c3)C(=O)N(c3cccc4ccccc34)C2=O)cc1OC. The van der Waals surface area contributed by atoms with Gasteiger partial charge in [-0.25, -0.2) is 14.6 Å². The summed E-state index contributed by atoms with van der Waals surface area (Å²) in [6, 6.07) is 24.4. The number of amides is 4. The molecule has 5 rings (SSSR count). The van der Waals surface area contributed by atoms with E-state index in [-0.39, 0.29) is 5.57 Å². The van der Waals surface area contributed by atoms with Gasteiger partial charge < -0.3 is 9.47 Å². The van der Waals surface area contributed by atoms with Crippen LogP contribution in [0, 0.1) is 6.92 Å². The van der Waals surface area contributed by atoms with Crippen molar-refractivity contribution < 1.29 is 23.9 Å². The summed E-state index contributed by atoms with van der Waals surface area (Å²) in [5, 5.41) is 1.59. The molecule has 7 heteroatoms. The molecule has 39 heavy (non-hydrogen) atoms. The summed E-state index contributed by atoms with van der Waals surface area (Å²) >= 11 is 0. The third kappa shape index (κ3) is 4.86. The lowest BCUT2D eigenvalue weighted by Crippen LogP contribution is -2.57. The quantitative estimate of drug-likeness (QED) is 0.205. The maximum Gasteiger partial charge on any atom is 0.343 e. The van der Waals surface area contributed by atoms with Crippen LogP contribution in [0.3, 0.4) is 0 Å². The summed E-state index contributed by atoms with van der Waals surface area (Å²) in [4.78, 5) is 43.8. The number of imide groups is 2. The zero-order valence-electron chi connectivity index (χ0n) is 22.0. The maximum atomic E-state index is 13.9. The molecule has 0 atom stereocenters. The number of rotatable bonds is 7. The van der Waals surface area contributed by atoms with E-state index >= 15 is 0 Å². The van der Waals surface area contributed by atoms with E-state index in [4.69, 9.17) is 9.47 Å². The number of nitrogens with zero attached hydrogens (tertiary/aromatic N) is 2. The number of urea groups is 1. The molecule has 1 aliphatic rings. The van der Waals surface area contributed by atoms with Crippen LogP contribution in [0.5, 0.6) is 11.5 Å². The van der Waals surface area contributed by atoms with Crippen molar-refractivity contribution in [3.63, 3.8) is 0 Å². The van der Waals surface area contributed by atoms with E-state index in [2.05, 4.69) is 0 Å². The van der Waals surface area contributed by atoms with Gasteiger partial charge in [-0.2, -0.15) is 0 Å². The lowest BCUT2D eigenvalue weighted by atomic mass is 10.0. The fourth-order valence-corrected chi connectivity index (χ4v) is 4.61. The summed E-state index contributed by atoms with van der Waals surface area (Å²) in [6.07, 6.45) is 2.33. The van der Waals surface area contributed by atoms with Crippen molar-refractivity contribution in [3.05, 3.63) is 102 Å². The molecule has 1 saturated heterocycles. The Hall–Kier alpha value is -4.91. The molecule has 0 saturated carbocycles. The molecule has 7 nitrogen and oxygen atoms in total. The first-order chi connectivity index (χ1) is 18.9. The standard InChI is InChI=1S/C32H28N2O5/c1-4-17-39-28-16-15-22(20-29(28)38-3)19-26-30(35)33(24-12-7-9-21(2)18-24)32(37)34(31(26)36)27-14-8-11-23-10-5-6-13-25(23)27/h5-16,18-20H,4,17H2,1-3H3/b26-19+. The van der Waals surface area contributed by atoms with Gasteiger partial charge in [0.05, 0.1) is 25.1 Å². The van der Waals surface area contributed by atoms with E-state index in [1.807, 2.05) is 50.2 Å². The minimum absolute atomic E-state index is 0.145. The smallest absolute Gasteiger partial charge is 0.343 e. The Bertz CT molecular complexity index is 1620. The van der Waals surface area contributed by atoms with Crippen LogP contribution in [0.4, 0.5) is 16.2 Å². The molecule has 0 aliphatic carbocycles. The van der Waals surface area contributed by atoms with Gasteiger partial charge in [-0.1, -0.05) is 61.5 Å². The van der Waals surface area contributed by atoms with E-state index < -0.39 is 17.8 Å². The van der Waals surface area contributed by atoms with Crippen molar-refractivity contribution in [3.8, 4) is 11.5 Å². The molecule has 0 N–H and O–H groups in total. The highest BCUT2D eigenvalue weighted by molar-refractivity contribution is 6.46. The zero-order chi connectivity index (χ0) is 27.5. The van der Waals surface area contributed by atoms with Crippen molar-refractivity contribution in [1.82, 2.24) is 0 Å². The van der Waals surface area contributed by atoms with E-state index in [1.165, 1.54) is 13.2 Å². The van der Waals surface area contributed by atoms with Crippen LogP contribution < -0.4 is 19.3 Å². The van der Waals surface area contributed by atoms with Crippen LogP contribution in [0.15, 0.2) is 90.5 Å². The molecule has 4 aromatic rings. The number of ether oxygens (including phenoxy) is 2. The molecule has 0 radical (unpaired) electrons. The first-order valence-electron chi connectivity index (χ1n) is 12.7. The Kier molecular flexibility index (Phi) is 7.14. The van der Waals surface area contributed by atoms with Crippen molar-refractivity contribution in [1.29, 1.82) is 0 Å². The second-order valence-corrected chi connectivity index (χ2v) is 9.22. The molecule has 196 valence electrons. The van der Waals surface area contributed by atoms with Gasteiger partial charge in [0.1, 0.15) is 5.57 Å². The van der Waals surface area contributed by atoms with Gasteiger partial charge in [0.15, 0.2) is 11.5 Å². The van der Waals surface area contributed by atoms with Crippen molar-refractivity contribution >= 4 is 46.1 Å². The molecule has 1 aliphatic heterocycles. The number of aryl methyl sites for hydroxylation is 1. The summed E-state index contributed by atoms with van der Waals surface area (Å²) in [7, 11) is 1.53. The number of barbiturate groups is 1. The summed E-state index contributed by atoms with van der Waals surface area (Å²) in [6.45, 7) is 4.41. The van der Waals surface area contributed by atoms with Gasteiger partial charge in [-0.15, -0.1) is 0 Å². The topological polar surface area (TPSA) is 76.2 Å². The minimum Gasteiger partial charge on any atom is -0.493 e. The molecule has 0 bridgehead atoms. The Balaban J connectivity index is 1.67. The van der Waals surface area contributed by atoms with Crippen molar-refractivity contribution in [2.24, 2.45) is 0 Å². The van der Waals surface area contributed by atoms with Gasteiger partial charge in [0.2, 0.25) is 0 Å². The summed E-state index contributed by atoms with van der Waals surface area (Å²) in [5.41, 5.74) is 2.08. The van der Waals surface area contributed by atoms with Crippen LogP contribution in [0.2, 0.25) is 0 Å². The summed E-state index contributed by atoms with van der Waals surface area (Å²) < 4.78 is 11.2. The van der Waals surface area contributed by atoms with E-state index in [0.29, 0.717) is 35.0 Å². The highest BCUT2D eigenvalue weighted by atomic mass is 16.5. The minimum atomic E-state index is -0.731. The van der Waals surface area contributed by atoms with Gasteiger partial charge in [0.25, 0.3) is 11.8 Å². The van der Waals surface area contributed by atoms with Crippen molar-refractivity contribution in [2.45, 2.75) is 20.3 Å². The van der Waals surface area contributed by atoms with Gasteiger partial charge in [0, 0.05) is 5.39 Å². The summed E-state index contributed by atoms with van der Waals surface area (Å²) in [5.74, 6) is -0.351. The number of anilines is 2. The van der Waals surface area contributed by atoms with E-state index in [0.717, 1.165) is 32.6 Å². The van der Waals surface area contributed by atoms with E-state index in [1.54, 1.807) is 48.5 Å². The van der Waals surface area contributed by atoms with Gasteiger partial charge in [-0.05, 0) is 66.3 Å². The lowest BCUT2D eigenvalue weighted by Gasteiger charge is -2.34. The van der Waals surface area contributed by atoms with Crippen LogP contribution in [0.25, 0.3) is 16.8 Å². The molecule has 0 aromatic heterocycles. The molecule has 4 amide bonds.